The van der Waals surface area contributed by atoms with Gasteiger partial charge in [-0.3, -0.25) is 4.79 Å². The van der Waals surface area contributed by atoms with E-state index in [1.807, 2.05) is 18.2 Å². The molecule has 1 N–H and O–H groups in total. The number of hydrogen-bond acceptors (Lipinski definition) is 3. The first-order chi connectivity index (χ1) is 12.3. The average Bonchev–Trinajstić information content (AvgIpc) is 2.60. The second-order valence-electron chi connectivity index (χ2n) is 5.39. The molecule has 4 nitrogen and oxygen atoms in total. The third-order valence-electron chi connectivity index (χ3n) is 3.35. The van der Waals surface area contributed by atoms with Gasteiger partial charge in [0.1, 0.15) is 0 Å². The lowest BCUT2D eigenvalue weighted by Gasteiger charge is -2.13. The zero-order valence-electron chi connectivity index (χ0n) is 13.8. The Bertz CT molecular complexity index is 784. The number of rotatable bonds is 5. The Morgan fingerprint density at radius 1 is 1.04 bits per heavy atom. The summed E-state index contributed by atoms with van der Waals surface area (Å²) in [6, 6.07) is 13.0. The summed E-state index contributed by atoms with van der Waals surface area (Å²) in [7, 11) is 0. The largest absolute Gasteiger partial charge is 0.449 e. The predicted octanol–water partition coefficient (Wildman–Crippen LogP) is 4.29. The molecule has 136 valence electrons. The van der Waals surface area contributed by atoms with Gasteiger partial charge in [0.05, 0.1) is 5.56 Å². The van der Waals surface area contributed by atoms with Crippen molar-refractivity contribution in [2.24, 2.45) is 0 Å². The van der Waals surface area contributed by atoms with E-state index in [4.69, 9.17) is 4.74 Å². The lowest BCUT2D eigenvalue weighted by atomic mass is 10.2. The topological polar surface area (TPSA) is 55.4 Å². The van der Waals surface area contributed by atoms with Gasteiger partial charge in [0, 0.05) is 11.8 Å². The second kappa shape index (κ2) is 8.33. The quantitative estimate of drug-likeness (QED) is 0.637. The molecule has 26 heavy (non-hydrogen) atoms. The number of alkyl halides is 3. The Kier molecular flexibility index (Phi) is 6.16. The highest BCUT2D eigenvalue weighted by atomic mass is 19.4. The lowest BCUT2D eigenvalue weighted by molar-refractivity contribution is -0.148. The van der Waals surface area contributed by atoms with Gasteiger partial charge < -0.3 is 10.1 Å². The maximum absolute atomic E-state index is 12.5. The lowest BCUT2D eigenvalue weighted by Crippen LogP contribution is -2.29. The van der Waals surface area contributed by atoms with E-state index in [2.05, 4.69) is 5.32 Å². The van der Waals surface area contributed by atoms with Gasteiger partial charge in [0.25, 0.3) is 5.91 Å². The smallest absolute Gasteiger partial charge is 0.416 e. The third-order valence-corrected chi connectivity index (χ3v) is 3.35. The van der Waals surface area contributed by atoms with Crippen LogP contribution in [0.4, 0.5) is 18.9 Å². The fourth-order valence-corrected chi connectivity index (χ4v) is 1.98. The van der Waals surface area contributed by atoms with Crippen LogP contribution in [0.25, 0.3) is 6.08 Å². The minimum absolute atomic E-state index is 0.172. The van der Waals surface area contributed by atoms with Crippen LogP contribution >= 0.6 is 0 Å². The monoisotopic (exact) mass is 363 g/mol. The number of amides is 1. The number of halogens is 3. The highest BCUT2D eigenvalue weighted by molar-refractivity contribution is 5.96. The van der Waals surface area contributed by atoms with E-state index >= 15 is 0 Å². The van der Waals surface area contributed by atoms with Crippen molar-refractivity contribution in [2.45, 2.75) is 19.2 Å². The number of carbonyl (C=O) groups excluding carboxylic acids is 2. The molecule has 0 spiro atoms. The summed E-state index contributed by atoms with van der Waals surface area (Å²) in [4.78, 5) is 23.7. The van der Waals surface area contributed by atoms with Gasteiger partial charge in [-0.2, -0.15) is 13.2 Å². The summed E-state index contributed by atoms with van der Waals surface area (Å²) in [6.45, 7) is 1.37. The van der Waals surface area contributed by atoms with Crippen molar-refractivity contribution in [1.29, 1.82) is 0 Å². The number of carbonyl (C=O) groups is 2. The zero-order chi connectivity index (χ0) is 19.2. The van der Waals surface area contributed by atoms with Crippen LogP contribution in [-0.4, -0.2) is 18.0 Å². The van der Waals surface area contributed by atoms with Crippen LogP contribution in [0, 0.1) is 0 Å². The van der Waals surface area contributed by atoms with E-state index in [0.717, 1.165) is 29.8 Å². The van der Waals surface area contributed by atoms with E-state index in [1.165, 1.54) is 13.0 Å². The molecule has 0 unspecified atom stereocenters. The number of hydrogen-bond donors (Lipinski definition) is 1. The molecule has 0 aliphatic heterocycles. The molecule has 0 heterocycles. The summed E-state index contributed by atoms with van der Waals surface area (Å²) >= 11 is 0. The van der Waals surface area contributed by atoms with E-state index < -0.39 is 29.7 Å². The van der Waals surface area contributed by atoms with Gasteiger partial charge in [0.15, 0.2) is 6.10 Å². The van der Waals surface area contributed by atoms with Gasteiger partial charge >= 0.3 is 12.1 Å². The van der Waals surface area contributed by atoms with Crippen molar-refractivity contribution < 1.29 is 27.5 Å². The molecule has 0 aromatic heterocycles. The molecule has 0 aliphatic carbocycles. The van der Waals surface area contributed by atoms with Crippen LogP contribution in [-0.2, 0) is 20.5 Å². The normalized spacial score (nSPS) is 12.6. The molecule has 0 aliphatic rings. The second-order valence-corrected chi connectivity index (χ2v) is 5.39. The molecule has 0 bridgehead atoms. The average molecular weight is 363 g/mol. The Hall–Kier alpha value is -3.09. The Labute approximate surface area is 148 Å². The molecule has 0 radical (unpaired) electrons. The minimum Gasteiger partial charge on any atom is -0.449 e. The fraction of sp³-hybridized carbons (Fsp3) is 0.158. The van der Waals surface area contributed by atoms with Crippen molar-refractivity contribution in [3.63, 3.8) is 0 Å². The van der Waals surface area contributed by atoms with Gasteiger partial charge in [-0.25, -0.2) is 4.79 Å². The van der Waals surface area contributed by atoms with Crippen molar-refractivity contribution >= 4 is 23.6 Å². The first kappa shape index (κ1) is 19.2. The third kappa shape index (κ3) is 5.77. The van der Waals surface area contributed by atoms with Gasteiger partial charge in [-0.1, -0.05) is 30.3 Å². The molecule has 2 aromatic rings. The van der Waals surface area contributed by atoms with Crippen molar-refractivity contribution in [2.75, 3.05) is 5.32 Å². The number of anilines is 1. The zero-order valence-corrected chi connectivity index (χ0v) is 13.8. The van der Waals surface area contributed by atoms with Crippen LogP contribution < -0.4 is 5.32 Å². The van der Waals surface area contributed by atoms with E-state index in [1.54, 1.807) is 18.2 Å². The highest BCUT2D eigenvalue weighted by Gasteiger charge is 2.30. The first-order valence-corrected chi connectivity index (χ1v) is 7.67. The maximum atomic E-state index is 12.5. The number of esters is 1. The molecule has 1 amide bonds. The number of nitrogens with one attached hydrogen (secondary N) is 1. The molecule has 2 rings (SSSR count). The van der Waals surface area contributed by atoms with E-state index in [9.17, 15) is 22.8 Å². The molecule has 2 aromatic carbocycles. The van der Waals surface area contributed by atoms with E-state index in [0.29, 0.717) is 0 Å². The van der Waals surface area contributed by atoms with Gasteiger partial charge in [-0.05, 0) is 42.8 Å². The Morgan fingerprint density at radius 3 is 2.23 bits per heavy atom. The predicted molar refractivity (Wildman–Crippen MR) is 91.1 cm³/mol. The van der Waals surface area contributed by atoms with Crippen LogP contribution in [0.15, 0.2) is 60.7 Å². The van der Waals surface area contributed by atoms with Gasteiger partial charge in [-0.15, -0.1) is 0 Å². The summed E-state index contributed by atoms with van der Waals surface area (Å²) < 4.78 is 42.5. The summed E-state index contributed by atoms with van der Waals surface area (Å²) in [5, 5.41) is 2.39. The molecule has 0 saturated heterocycles. The van der Waals surface area contributed by atoms with Gasteiger partial charge in [0.2, 0.25) is 0 Å². The summed E-state index contributed by atoms with van der Waals surface area (Å²) in [5.41, 5.74) is 0.151. The van der Waals surface area contributed by atoms with E-state index in [-0.39, 0.29) is 5.69 Å². The molecule has 0 fully saturated rings. The van der Waals surface area contributed by atoms with Crippen LogP contribution in [0.3, 0.4) is 0 Å². The number of ether oxygens (including phenoxy) is 1. The SMILES string of the molecule is C[C@@H](OC(=O)/C=C/c1ccccc1)C(=O)Nc1ccc(C(F)(F)F)cc1. The first-order valence-electron chi connectivity index (χ1n) is 7.67. The molecule has 7 heteroatoms. The number of benzene rings is 2. The van der Waals surface area contributed by atoms with Crippen LogP contribution in [0.2, 0.25) is 0 Å². The van der Waals surface area contributed by atoms with Crippen LogP contribution in [0.1, 0.15) is 18.1 Å². The highest BCUT2D eigenvalue weighted by Crippen LogP contribution is 2.29. The molecule has 1 atom stereocenters. The summed E-state index contributed by atoms with van der Waals surface area (Å²) in [5.74, 6) is -1.35. The summed E-state index contributed by atoms with van der Waals surface area (Å²) in [6.07, 6.45) is -2.82. The molecular weight excluding hydrogens is 347 g/mol. The molecule has 0 saturated carbocycles. The Morgan fingerprint density at radius 2 is 1.65 bits per heavy atom. The van der Waals surface area contributed by atoms with Crippen LogP contribution in [0.5, 0.6) is 0 Å². The Balaban J connectivity index is 1.89. The van der Waals surface area contributed by atoms with Crippen molar-refractivity contribution in [3.05, 3.63) is 71.8 Å². The fourth-order valence-electron chi connectivity index (χ4n) is 1.98. The minimum atomic E-state index is -4.45. The molecular formula is C19H16F3NO3. The standard InChI is InChI=1S/C19H16F3NO3/c1-13(26-17(24)12-7-14-5-3-2-4-6-14)18(25)23-16-10-8-15(9-11-16)19(20,21)22/h2-13H,1H3,(H,23,25)/b12-7+/t13-/m1/s1. The van der Waals surface area contributed by atoms with Crippen molar-refractivity contribution in [1.82, 2.24) is 0 Å². The van der Waals surface area contributed by atoms with Crippen molar-refractivity contribution in [3.8, 4) is 0 Å². The maximum Gasteiger partial charge on any atom is 0.416 e.